The van der Waals surface area contributed by atoms with Crippen molar-refractivity contribution in [1.29, 1.82) is 0 Å². The molecule has 1 atom stereocenters. The van der Waals surface area contributed by atoms with Crippen LogP contribution in [0.2, 0.25) is 0 Å². The van der Waals surface area contributed by atoms with Crippen LogP contribution in [0.3, 0.4) is 0 Å². The Balaban J connectivity index is 1.92. The number of carbonyl (C=O) groups is 3. The molecule has 0 heterocycles. The molecule has 1 saturated carbocycles. The Bertz CT molecular complexity index is 698. The Labute approximate surface area is 163 Å². The van der Waals surface area contributed by atoms with Crippen molar-refractivity contribution in [2.45, 2.75) is 58.0 Å². The highest BCUT2D eigenvalue weighted by atomic mass is 19.1. The monoisotopic (exact) mass is 396 g/mol. The number of nitrogens with one attached hydrogen (secondary N) is 2. The number of halogens is 2. The van der Waals surface area contributed by atoms with Gasteiger partial charge in [-0.15, -0.1) is 0 Å². The second-order valence-corrected chi connectivity index (χ2v) is 7.30. The van der Waals surface area contributed by atoms with Gasteiger partial charge in [-0.05, 0) is 30.9 Å². The zero-order valence-electron chi connectivity index (χ0n) is 16.1. The Kier molecular flexibility index (Phi) is 7.90. The van der Waals surface area contributed by atoms with Crippen LogP contribution in [0.15, 0.2) is 18.2 Å². The van der Waals surface area contributed by atoms with Crippen LogP contribution in [0.5, 0.6) is 0 Å². The summed E-state index contributed by atoms with van der Waals surface area (Å²) in [7, 11) is 0. The minimum atomic E-state index is -1.14. The molecule has 0 saturated heterocycles. The number of carbonyl (C=O) groups excluding carboxylic acids is 3. The molecule has 2 rings (SSSR count). The molecule has 154 valence electrons. The van der Waals surface area contributed by atoms with Crippen LogP contribution in [0.4, 0.5) is 8.78 Å². The molecular formula is C20H26F2N2O4. The number of rotatable bonds is 7. The molecule has 0 aliphatic heterocycles. The lowest BCUT2D eigenvalue weighted by Crippen LogP contribution is -2.47. The number of amides is 2. The largest absolute Gasteiger partial charge is 0.454 e. The molecule has 1 aromatic carbocycles. The second-order valence-electron chi connectivity index (χ2n) is 7.30. The van der Waals surface area contributed by atoms with E-state index in [2.05, 4.69) is 10.6 Å². The SMILES string of the molecule is CC(C)[C@H](NC(=O)c1c(F)cccc1F)C(=O)OCC(=O)NC1CCCCC1. The Morgan fingerprint density at radius 2 is 1.71 bits per heavy atom. The van der Waals surface area contributed by atoms with Gasteiger partial charge in [0.05, 0.1) is 0 Å². The fraction of sp³-hybridized carbons (Fsp3) is 0.550. The highest BCUT2D eigenvalue weighted by molar-refractivity contribution is 5.97. The van der Waals surface area contributed by atoms with E-state index in [1.165, 1.54) is 0 Å². The summed E-state index contributed by atoms with van der Waals surface area (Å²) in [4.78, 5) is 36.5. The Morgan fingerprint density at radius 3 is 2.29 bits per heavy atom. The lowest BCUT2D eigenvalue weighted by molar-refractivity contribution is -0.151. The van der Waals surface area contributed by atoms with Crippen molar-refractivity contribution in [3.05, 3.63) is 35.4 Å². The molecule has 28 heavy (non-hydrogen) atoms. The summed E-state index contributed by atoms with van der Waals surface area (Å²) in [6.45, 7) is 2.82. The highest BCUT2D eigenvalue weighted by Gasteiger charge is 2.29. The van der Waals surface area contributed by atoms with Gasteiger partial charge in [0.15, 0.2) is 6.61 Å². The molecule has 1 aliphatic carbocycles. The summed E-state index contributed by atoms with van der Waals surface area (Å²) in [6, 6.07) is 1.99. The van der Waals surface area contributed by atoms with E-state index in [0.717, 1.165) is 50.3 Å². The summed E-state index contributed by atoms with van der Waals surface area (Å²) < 4.78 is 32.5. The van der Waals surface area contributed by atoms with Gasteiger partial charge in [-0.1, -0.05) is 39.2 Å². The van der Waals surface area contributed by atoms with Crippen LogP contribution in [0.1, 0.15) is 56.3 Å². The van der Waals surface area contributed by atoms with Crippen molar-refractivity contribution in [2.75, 3.05) is 6.61 Å². The van der Waals surface area contributed by atoms with Gasteiger partial charge in [0.1, 0.15) is 23.2 Å². The van der Waals surface area contributed by atoms with Crippen LogP contribution in [0.25, 0.3) is 0 Å². The van der Waals surface area contributed by atoms with Crippen molar-refractivity contribution >= 4 is 17.8 Å². The van der Waals surface area contributed by atoms with Crippen molar-refractivity contribution < 1.29 is 27.9 Å². The Morgan fingerprint density at radius 1 is 1.11 bits per heavy atom. The maximum atomic E-state index is 13.8. The maximum Gasteiger partial charge on any atom is 0.329 e. The number of hydrogen-bond donors (Lipinski definition) is 2. The van der Waals surface area contributed by atoms with Crippen LogP contribution in [-0.2, 0) is 14.3 Å². The molecule has 1 aromatic rings. The van der Waals surface area contributed by atoms with E-state index in [4.69, 9.17) is 4.74 Å². The molecule has 8 heteroatoms. The predicted molar refractivity (Wildman–Crippen MR) is 98.4 cm³/mol. The standard InChI is InChI=1S/C20H26F2N2O4/c1-12(2)18(24-19(26)17-14(21)9-6-10-15(17)22)20(27)28-11-16(25)23-13-7-4-3-5-8-13/h6,9-10,12-13,18H,3-5,7-8,11H2,1-2H3,(H,23,25)(H,24,26)/t18-/m0/s1. The van der Waals surface area contributed by atoms with Crippen LogP contribution >= 0.6 is 0 Å². The van der Waals surface area contributed by atoms with Gasteiger partial charge in [0.25, 0.3) is 11.8 Å². The van der Waals surface area contributed by atoms with E-state index in [-0.39, 0.29) is 6.04 Å². The normalized spacial score (nSPS) is 15.8. The molecule has 0 aromatic heterocycles. The summed E-state index contributed by atoms with van der Waals surface area (Å²) in [5.74, 6) is -4.76. The predicted octanol–water partition coefficient (Wildman–Crippen LogP) is 2.71. The van der Waals surface area contributed by atoms with Crippen molar-refractivity contribution in [3.8, 4) is 0 Å². The first-order valence-electron chi connectivity index (χ1n) is 9.50. The smallest absolute Gasteiger partial charge is 0.329 e. The topological polar surface area (TPSA) is 84.5 Å². The molecule has 2 amide bonds. The average Bonchev–Trinajstić information content (AvgIpc) is 2.64. The van der Waals surface area contributed by atoms with Gasteiger partial charge in [0.2, 0.25) is 0 Å². The molecule has 6 nitrogen and oxygen atoms in total. The van der Waals surface area contributed by atoms with E-state index in [0.29, 0.717) is 0 Å². The molecule has 0 bridgehead atoms. The molecule has 0 radical (unpaired) electrons. The summed E-state index contributed by atoms with van der Waals surface area (Å²) in [5.41, 5.74) is -0.768. The first-order valence-corrected chi connectivity index (χ1v) is 9.50. The van der Waals surface area contributed by atoms with E-state index >= 15 is 0 Å². The number of hydrogen-bond acceptors (Lipinski definition) is 4. The van der Waals surface area contributed by atoms with Gasteiger partial charge in [-0.25, -0.2) is 13.6 Å². The van der Waals surface area contributed by atoms with Gasteiger partial charge in [0, 0.05) is 6.04 Å². The quantitative estimate of drug-likeness (QED) is 0.694. The first kappa shape index (κ1) is 21.8. The number of esters is 1. The lowest BCUT2D eigenvalue weighted by Gasteiger charge is -2.23. The number of ether oxygens (including phenoxy) is 1. The summed E-state index contributed by atoms with van der Waals surface area (Å²) in [5, 5.41) is 5.12. The van der Waals surface area contributed by atoms with Gasteiger partial charge >= 0.3 is 5.97 Å². The van der Waals surface area contributed by atoms with Crippen LogP contribution < -0.4 is 10.6 Å². The lowest BCUT2D eigenvalue weighted by atomic mass is 9.95. The van der Waals surface area contributed by atoms with E-state index in [9.17, 15) is 23.2 Å². The second kappa shape index (κ2) is 10.1. The first-order chi connectivity index (χ1) is 13.3. The maximum absolute atomic E-state index is 13.8. The highest BCUT2D eigenvalue weighted by Crippen LogP contribution is 2.17. The molecule has 1 fully saturated rings. The number of benzene rings is 1. The van der Waals surface area contributed by atoms with Crippen molar-refractivity contribution in [1.82, 2.24) is 10.6 Å². The zero-order valence-corrected chi connectivity index (χ0v) is 16.1. The molecule has 2 N–H and O–H groups in total. The molecule has 0 spiro atoms. The third-order valence-corrected chi connectivity index (χ3v) is 4.71. The zero-order chi connectivity index (χ0) is 20.7. The third-order valence-electron chi connectivity index (χ3n) is 4.71. The van der Waals surface area contributed by atoms with Crippen LogP contribution in [-0.4, -0.2) is 36.5 Å². The van der Waals surface area contributed by atoms with E-state index in [1.807, 2.05) is 0 Å². The van der Waals surface area contributed by atoms with Crippen molar-refractivity contribution in [3.63, 3.8) is 0 Å². The van der Waals surface area contributed by atoms with Gasteiger partial charge in [-0.3, -0.25) is 9.59 Å². The van der Waals surface area contributed by atoms with Crippen LogP contribution in [0, 0.1) is 17.6 Å². The molecule has 0 unspecified atom stereocenters. The third kappa shape index (κ3) is 6.00. The minimum absolute atomic E-state index is 0.0876. The minimum Gasteiger partial charge on any atom is -0.454 e. The molecule has 1 aliphatic rings. The summed E-state index contributed by atoms with van der Waals surface area (Å²) in [6.07, 6.45) is 5.06. The average molecular weight is 396 g/mol. The summed E-state index contributed by atoms with van der Waals surface area (Å²) >= 11 is 0. The fourth-order valence-corrected chi connectivity index (χ4v) is 3.17. The molecular weight excluding hydrogens is 370 g/mol. The van der Waals surface area contributed by atoms with E-state index < -0.39 is 53.5 Å². The fourth-order valence-electron chi connectivity index (χ4n) is 3.17. The van der Waals surface area contributed by atoms with E-state index in [1.54, 1.807) is 13.8 Å². The van der Waals surface area contributed by atoms with Gasteiger partial charge < -0.3 is 15.4 Å². The Hall–Kier alpha value is -2.51. The van der Waals surface area contributed by atoms with Crippen molar-refractivity contribution in [2.24, 2.45) is 5.92 Å². The van der Waals surface area contributed by atoms with Gasteiger partial charge in [-0.2, -0.15) is 0 Å².